The number of hydrogen-bond acceptors (Lipinski definition) is 5. The zero-order valence-corrected chi connectivity index (χ0v) is 20.0. The minimum absolute atomic E-state index is 0.0317. The summed E-state index contributed by atoms with van der Waals surface area (Å²) in [7, 11) is 1.63. The van der Waals surface area contributed by atoms with Crippen LogP contribution in [0.25, 0.3) is 16.6 Å². The van der Waals surface area contributed by atoms with Gasteiger partial charge in [-0.3, -0.25) is 9.36 Å². The quantitative estimate of drug-likeness (QED) is 0.294. The van der Waals surface area contributed by atoms with Crippen molar-refractivity contribution in [2.24, 2.45) is 0 Å². The minimum Gasteiger partial charge on any atom is -0.497 e. The molecule has 5 aromatic rings. The Hall–Kier alpha value is -4.04. The van der Waals surface area contributed by atoms with E-state index in [1.165, 1.54) is 17.3 Å². The molecule has 1 unspecified atom stereocenters. The van der Waals surface area contributed by atoms with E-state index < -0.39 is 0 Å². The highest BCUT2D eigenvalue weighted by Crippen LogP contribution is 2.30. The van der Waals surface area contributed by atoms with E-state index >= 15 is 0 Å². The Kier molecular flexibility index (Phi) is 6.81. The van der Waals surface area contributed by atoms with Gasteiger partial charge in [0, 0.05) is 35.2 Å². The number of fused-ring (bicyclic) bond motifs is 1. The second-order valence-electron chi connectivity index (χ2n) is 8.03. The third-order valence-electron chi connectivity index (χ3n) is 5.90. The van der Waals surface area contributed by atoms with Crippen LogP contribution in [0.15, 0.2) is 96.5 Å². The Labute approximate surface area is 207 Å². The van der Waals surface area contributed by atoms with Crippen LogP contribution in [-0.2, 0) is 4.79 Å². The standard InChI is InChI=1S/C27H25N5O2S/c1-34-21-13-11-20(12-14-21)32-18-30-31-27(32)35-17-26(33)29-15-23(19-7-3-2-4-8-19)24-16-28-25-10-6-5-9-22(24)25/h2-14,16,18,23,28H,15,17H2,1H3,(H,29,33). The van der Waals surface area contributed by atoms with E-state index in [2.05, 4.69) is 44.8 Å². The van der Waals surface area contributed by atoms with Gasteiger partial charge in [0.1, 0.15) is 12.1 Å². The Morgan fingerprint density at radius 3 is 2.63 bits per heavy atom. The minimum atomic E-state index is -0.0555. The summed E-state index contributed by atoms with van der Waals surface area (Å²) >= 11 is 1.35. The highest BCUT2D eigenvalue weighted by Gasteiger charge is 2.19. The molecule has 7 nitrogen and oxygen atoms in total. The molecule has 0 saturated carbocycles. The van der Waals surface area contributed by atoms with Crippen LogP contribution in [0.3, 0.4) is 0 Å². The number of nitrogens with zero attached hydrogens (tertiary/aromatic N) is 3. The summed E-state index contributed by atoms with van der Waals surface area (Å²) in [6.07, 6.45) is 3.69. The fraction of sp³-hybridized carbons (Fsp3) is 0.148. The Balaban J connectivity index is 1.27. The van der Waals surface area contributed by atoms with Crippen molar-refractivity contribution < 1.29 is 9.53 Å². The van der Waals surface area contributed by atoms with Gasteiger partial charge in [-0.2, -0.15) is 0 Å². The molecule has 2 aromatic heterocycles. The molecule has 1 atom stereocenters. The molecular weight excluding hydrogens is 458 g/mol. The molecule has 0 bridgehead atoms. The van der Waals surface area contributed by atoms with Crippen molar-refractivity contribution in [2.45, 2.75) is 11.1 Å². The third kappa shape index (κ3) is 5.07. The zero-order chi connectivity index (χ0) is 24.0. The number of nitrogens with one attached hydrogen (secondary N) is 2. The molecule has 0 radical (unpaired) electrons. The van der Waals surface area contributed by atoms with Gasteiger partial charge in [0.05, 0.1) is 12.9 Å². The van der Waals surface area contributed by atoms with E-state index in [0.29, 0.717) is 11.7 Å². The number of H-pyrrole nitrogens is 1. The Bertz CT molecular complexity index is 1410. The van der Waals surface area contributed by atoms with Gasteiger partial charge in [-0.1, -0.05) is 60.3 Å². The molecule has 1 amide bonds. The van der Waals surface area contributed by atoms with Crippen molar-refractivity contribution in [3.05, 3.63) is 103 Å². The lowest BCUT2D eigenvalue weighted by Crippen LogP contribution is -2.30. The molecule has 0 saturated heterocycles. The number of methoxy groups -OCH3 is 1. The molecule has 0 spiro atoms. The van der Waals surface area contributed by atoms with Crippen molar-refractivity contribution >= 4 is 28.6 Å². The number of para-hydroxylation sites is 1. The number of thioether (sulfide) groups is 1. The van der Waals surface area contributed by atoms with Crippen LogP contribution >= 0.6 is 11.8 Å². The number of carbonyl (C=O) groups excluding carboxylic acids is 1. The van der Waals surface area contributed by atoms with Gasteiger partial charge in [-0.05, 0) is 41.5 Å². The Morgan fingerprint density at radius 1 is 1.06 bits per heavy atom. The van der Waals surface area contributed by atoms with Gasteiger partial charge in [0.25, 0.3) is 0 Å². The summed E-state index contributed by atoms with van der Waals surface area (Å²) in [5, 5.41) is 13.1. The first kappa shape index (κ1) is 22.7. The van der Waals surface area contributed by atoms with Gasteiger partial charge in [0.2, 0.25) is 5.91 Å². The molecular formula is C27H25N5O2S. The first-order valence-corrected chi connectivity index (χ1v) is 12.3. The van der Waals surface area contributed by atoms with Crippen LogP contribution < -0.4 is 10.1 Å². The monoisotopic (exact) mass is 483 g/mol. The fourth-order valence-electron chi connectivity index (χ4n) is 4.11. The summed E-state index contributed by atoms with van der Waals surface area (Å²) in [5.74, 6) is 0.993. The van der Waals surface area contributed by atoms with E-state index in [4.69, 9.17) is 4.74 Å². The molecule has 0 aliphatic rings. The third-order valence-corrected chi connectivity index (χ3v) is 6.84. The number of benzene rings is 3. The number of carbonyl (C=O) groups is 1. The summed E-state index contributed by atoms with van der Waals surface area (Å²) in [5.41, 5.74) is 4.31. The van der Waals surface area contributed by atoms with Crippen molar-refractivity contribution in [3.63, 3.8) is 0 Å². The number of ether oxygens (including phenoxy) is 1. The first-order chi connectivity index (χ1) is 17.2. The Morgan fingerprint density at radius 2 is 1.83 bits per heavy atom. The van der Waals surface area contributed by atoms with E-state index in [9.17, 15) is 4.79 Å². The van der Waals surface area contributed by atoms with Gasteiger partial charge >= 0.3 is 0 Å². The van der Waals surface area contributed by atoms with Crippen LogP contribution in [0.1, 0.15) is 17.0 Å². The second kappa shape index (κ2) is 10.5. The number of amides is 1. The second-order valence-corrected chi connectivity index (χ2v) is 8.97. The van der Waals surface area contributed by atoms with E-state index in [-0.39, 0.29) is 17.6 Å². The molecule has 2 N–H and O–H groups in total. The van der Waals surface area contributed by atoms with Gasteiger partial charge < -0.3 is 15.0 Å². The van der Waals surface area contributed by atoms with E-state index in [0.717, 1.165) is 27.9 Å². The van der Waals surface area contributed by atoms with E-state index in [1.54, 1.807) is 13.4 Å². The zero-order valence-electron chi connectivity index (χ0n) is 19.2. The van der Waals surface area contributed by atoms with Crippen LogP contribution in [0.2, 0.25) is 0 Å². The fourth-order valence-corrected chi connectivity index (χ4v) is 4.87. The highest BCUT2D eigenvalue weighted by molar-refractivity contribution is 7.99. The maximum atomic E-state index is 12.8. The van der Waals surface area contributed by atoms with Crippen molar-refractivity contribution in [2.75, 3.05) is 19.4 Å². The number of rotatable bonds is 9. The summed E-state index contributed by atoms with van der Waals surface area (Å²) in [4.78, 5) is 16.2. The summed E-state index contributed by atoms with van der Waals surface area (Å²) in [6.45, 7) is 0.496. The molecule has 0 aliphatic heterocycles. The number of hydrogen-bond donors (Lipinski definition) is 2. The molecule has 176 valence electrons. The van der Waals surface area contributed by atoms with Crippen LogP contribution in [0, 0.1) is 0 Å². The predicted octanol–water partition coefficient (Wildman–Crippen LogP) is 4.80. The topological polar surface area (TPSA) is 84.8 Å². The summed E-state index contributed by atoms with van der Waals surface area (Å²) in [6, 6.07) is 26.1. The number of aromatic nitrogens is 4. The lowest BCUT2D eigenvalue weighted by Gasteiger charge is -2.18. The maximum absolute atomic E-state index is 12.8. The molecule has 0 fully saturated rings. The number of aromatic amines is 1. The van der Waals surface area contributed by atoms with Crippen LogP contribution in [0.5, 0.6) is 5.75 Å². The van der Waals surface area contributed by atoms with E-state index in [1.807, 2.05) is 65.4 Å². The smallest absolute Gasteiger partial charge is 0.230 e. The maximum Gasteiger partial charge on any atom is 0.230 e. The molecule has 35 heavy (non-hydrogen) atoms. The molecule has 8 heteroatoms. The molecule has 5 rings (SSSR count). The van der Waals surface area contributed by atoms with Gasteiger partial charge in [0.15, 0.2) is 5.16 Å². The van der Waals surface area contributed by atoms with Crippen LogP contribution in [-0.4, -0.2) is 45.1 Å². The normalized spacial score (nSPS) is 11.9. The predicted molar refractivity (Wildman–Crippen MR) is 138 cm³/mol. The van der Waals surface area contributed by atoms with Crippen LogP contribution in [0.4, 0.5) is 0 Å². The largest absolute Gasteiger partial charge is 0.497 e. The summed E-state index contributed by atoms with van der Waals surface area (Å²) < 4.78 is 7.08. The molecule has 0 aliphatic carbocycles. The van der Waals surface area contributed by atoms with Crippen molar-refractivity contribution in [1.82, 2.24) is 25.1 Å². The SMILES string of the molecule is COc1ccc(-n2cnnc2SCC(=O)NCC(c2ccccc2)c2c[nH]c3ccccc23)cc1. The molecule has 2 heterocycles. The molecule has 3 aromatic carbocycles. The average Bonchev–Trinajstić information content (AvgIpc) is 3.56. The van der Waals surface area contributed by atoms with Gasteiger partial charge in [-0.15, -0.1) is 10.2 Å². The van der Waals surface area contributed by atoms with Crippen molar-refractivity contribution in [1.29, 1.82) is 0 Å². The van der Waals surface area contributed by atoms with Gasteiger partial charge in [-0.25, -0.2) is 0 Å². The lowest BCUT2D eigenvalue weighted by atomic mass is 9.91. The average molecular weight is 484 g/mol. The van der Waals surface area contributed by atoms with Crippen molar-refractivity contribution in [3.8, 4) is 11.4 Å². The lowest BCUT2D eigenvalue weighted by molar-refractivity contribution is -0.118. The highest BCUT2D eigenvalue weighted by atomic mass is 32.2. The first-order valence-electron chi connectivity index (χ1n) is 11.3.